The van der Waals surface area contributed by atoms with E-state index in [1.54, 1.807) is 18.2 Å². The molecule has 0 amide bonds. The van der Waals surface area contributed by atoms with Gasteiger partial charge in [-0.2, -0.15) is 0 Å². The fourth-order valence-corrected chi connectivity index (χ4v) is 3.04. The molecule has 0 bridgehead atoms. The second-order valence-electron chi connectivity index (χ2n) is 3.65. The van der Waals surface area contributed by atoms with Crippen molar-refractivity contribution >= 4 is 56.9 Å². The summed E-state index contributed by atoms with van der Waals surface area (Å²) in [5, 5.41) is 9.29. The molecule has 1 aromatic heterocycles. The molecule has 0 spiro atoms. The lowest BCUT2D eigenvalue weighted by atomic mass is 10.1. The van der Waals surface area contributed by atoms with Gasteiger partial charge in [0.1, 0.15) is 5.01 Å². The molecule has 1 heterocycles. The maximum absolute atomic E-state index is 11.4. The van der Waals surface area contributed by atoms with Gasteiger partial charge in [-0.05, 0) is 18.2 Å². The minimum absolute atomic E-state index is 0.310. The van der Waals surface area contributed by atoms with Crippen molar-refractivity contribution < 1.29 is 14.7 Å². The topological polar surface area (TPSA) is 67.3 Å². The minimum Gasteiger partial charge on any atom is -0.481 e. The standard InChI is InChI=1S/C11H8ClNO3S2/c12-5-1-2-8-7(3-5)13-10(18-8)6(11(16)17)4-9(14)15/h1-3,6H,4H2,(H,14,15)(H,16,17). The van der Waals surface area contributed by atoms with E-state index in [0.29, 0.717) is 15.5 Å². The van der Waals surface area contributed by atoms with Crippen molar-refractivity contribution in [1.82, 2.24) is 4.98 Å². The Labute approximate surface area is 117 Å². The van der Waals surface area contributed by atoms with Crippen LogP contribution >= 0.6 is 35.6 Å². The number of hydrogen-bond donors (Lipinski definition) is 2. The molecular formula is C11H8ClNO3S2. The monoisotopic (exact) mass is 301 g/mol. The predicted molar refractivity (Wildman–Crippen MR) is 73.6 cm³/mol. The first-order valence-electron chi connectivity index (χ1n) is 4.98. The number of carbonyl (C=O) groups is 2. The van der Waals surface area contributed by atoms with E-state index in [0.717, 1.165) is 4.70 Å². The lowest BCUT2D eigenvalue weighted by molar-refractivity contribution is -0.138. The Morgan fingerprint density at radius 2 is 2.22 bits per heavy atom. The number of carbonyl (C=O) groups excluding carboxylic acids is 1. The van der Waals surface area contributed by atoms with Crippen molar-refractivity contribution in [2.45, 2.75) is 12.3 Å². The predicted octanol–water partition coefficient (Wildman–Crippen LogP) is 2.96. The highest BCUT2D eigenvalue weighted by Crippen LogP contribution is 2.32. The van der Waals surface area contributed by atoms with Gasteiger partial charge in [0, 0.05) is 5.02 Å². The zero-order valence-corrected chi connectivity index (χ0v) is 11.4. The van der Waals surface area contributed by atoms with E-state index in [4.69, 9.17) is 16.7 Å². The summed E-state index contributed by atoms with van der Waals surface area (Å²) in [5.41, 5.74) is 0.660. The summed E-state index contributed by atoms with van der Waals surface area (Å²) in [6.07, 6.45) is -0.310. The molecule has 1 aromatic carbocycles. The minimum atomic E-state index is -1.06. The van der Waals surface area contributed by atoms with E-state index in [1.165, 1.54) is 11.3 Å². The Morgan fingerprint density at radius 1 is 1.50 bits per heavy atom. The van der Waals surface area contributed by atoms with Crippen LogP contribution in [0.4, 0.5) is 0 Å². The number of thiol groups is 1. The second-order valence-corrected chi connectivity index (χ2v) is 5.59. The first-order valence-corrected chi connectivity index (χ1v) is 6.62. The van der Waals surface area contributed by atoms with Crippen molar-refractivity contribution in [3.63, 3.8) is 0 Å². The summed E-state index contributed by atoms with van der Waals surface area (Å²) >= 11 is 10.8. The van der Waals surface area contributed by atoms with Crippen molar-refractivity contribution in [2.75, 3.05) is 0 Å². The largest absolute Gasteiger partial charge is 0.481 e. The van der Waals surface area contributed by atoms with Gasteiger partial charge in [-0.15, -0.1) is 24.0 Å². The molecule has 94 valence electrons. The molecule has 0 aliphatic rings. The van der Waals surface area contributed by atoms with E-state index < -0.39 is 17.0 Å². The van der Waals surface area contributed by atoms with Gasteiger partial charge in [-0.25, -0.2) is 4.98 Å². The smallest absolute Gasteiger partial charge is 0.304 e. The van der Waals surface area contributed by atoms with Crippen LogP contribution in [0.25, 0.3) is 10.2 Å². The van der Waals surface area contributed by atoms with Crippen LogP contribution in [0.5, 0.6) is 0 Å². The van der Waals surface area contributed by atoms with Gasteiger partial charge >= 0.3 is 5.97 Å². The Kier molecular flexibility index (Phi) is 3.89. The number of benzene rings is 1. The molecule has 1 N–H and O–H groups in total. The van der Waals surface area contributed by atoms with Gasteiger partial charge in [0.15, 0.2) is 5.12 Å². The SMILES string of the molecule is O=C(O)CC(C(=O)S)c1nc2cc(Cl)ccc2s1. The molecule has 4 nitrogen and oxygen atoms in total. The first-order chi connectivity index (χ1) is 8.47. The quantitative estimate of drug-likeness (QED) is 0.852. The van der Waals surface area contributed by atoms with Gasteiger partial charge in [-0.3, -0.25) is 9.59 Å². The van der Waals surface area contributed by atoms with Crippen LogP contribution in [0.15, 0.2) is 18.2 Å². The highest BCUT2D eigenvalue weighted by atomic mass is 35.5. The molecule has 2 rings (SSSR count). The number of fused-ring (bicyclic) bond motifs is 1. The Hall–Kier alpha value is -1.11. The Bertz CT molecular complexity index is 626. The highest BCUT2D eigenvalue weighted by Gasteiger charge is 2.24. The molecular weight excluding hydrogens is 294 g/mol. The fraction of sp³-hybridized carbons (Fsp3) is 0.182. The normalized spacial score (nSPS) is 12.6. The van der Waals surface area contributed by atoms with Crippen LogP contribution in [0.3, 0.4) is 0 Å². The molecule has 1 unspecified atom stereocenters. The van der Waals surface area contributed by atoms with E-state index in [9.17, 15) is 9.59 Å². The van der Waals surface area contributed by atoms with Crippen LogP contribution in [0.1, 0.15) is 17.3 Å². The summed E-state index contributed by atoms with van der Waals surface area (Å²) in [4.78, 5) is 26.3. The Morgan fingerprint density at radius 3 is 2.83 bits per heavy atom. The Balaban J connectivity index is 2.44. The number of aromatic nitrogens is 1. The van der Waals surface area contributed by atoms with E-state index in [1.807, 2.05) is 0 Å². The third-order valence-electron chi connectivity index (χ3n) is 2.34. The summed E-state index contributed by atoms with van der Waals surface area (Å²) in [7, 11) is 0. The molecule has 1 atom stereocenters. The number of nitrogens with zero attached hydrogens (tertiary/aromatic N) is 1. The second kappa shape index (κ2) is 5.26. The zero-order valence-electron chi connectivity index (χ0n) is 8.96. The number of carboxylic acids is 1. The van der Waals surface area contributed by atoms with E-state index in [-0.39, 0.29) is 6.42 Å². The first kappa shape index (κ1) is 13.3. The van der Waals surface area contributed by atoms with Crippen LogP contribution < -0.4 is 0 Å². The number of hydrogen-bond acceptors (Lipinski definition) is 4. The van der Waals surface area contributed by atoms with E-state index >= 15 is 0 Å². The van der Waals surface area contributed by atoms with Gasteiger partial charge in [0.05, 0.1) is 22.6 Å². The van der Waals surface area contributed by atoms with Gasteiger partial charge in [0.2, 0.25) is 0 Å². The van der Waals surface area contributed by atoms with Crippen molar-refractivity contribution in [3.05, 3.63) is 28.2 Å². The molecule has 7 heteroatoms. The molecule has 0 fully saturated rings. The van der Waals surface area contributed by atoms with Crippen molar-refractivity contribution in [2.24, 2.45) is 0 Å². The van der Waals surface area contributed by atoms with Gasteiger partial charge in [0.25, 0.3) is 0 Å². The average molecular weight is 302 g/mol. The maximum atomic E-state index is 11.4. The van der Waals surface area contributed by atoms with Crippen molar-refractivity contribution in [1.29, 1.82) is 0 Å². The van der Waals surface area contributed by atoms with E-state index in [2.05, 4.69) is 17.6 Å². The van der Waals surface area contributed by atoms with Crippen molar-refractivity contribution in [3.8, 4) is 0 Å². The highest BCUT2D eigenvalue weighted by molar-refractivity contribution is 7.96. The zero-order chi connectivity index (χ0) is 13.3. The van der Waals surface area contributed by atoms with Crippen LogP contribution in [0, 0.1) is 0 Å². The van der Waals surface area contributed by atoms with Crippen LogP contribution in [0.2, 0.25) is 5.02 Å². The molecule has 0 aliphatic carbocycles. The lowest BCUT2D eigenvalue weighted by Crippen LogP contribution is -2.11. The third kappa shape index (κ3) is 2.82. The molecule has 2 aromatic rings. The molecule has 0 saturated heterocycles. The number of rotatable bonds is 4. The number of halogens is 1. The van der Waals surface area contributed by atoms with Crippen LogP contribution in [-0.2, 0) is 9.59 Å². The number of aliphatic carboxylic acids is 1. The summed E-state index contributed by atoms with van der Waals surface area (Å²) in [5.74, 6) is -1.87. The van der Waals surface area contributed by atoms with Gasteiger partial charge < -0.3 is 5.11 Å². The maximum Gasteiger partial charge on any atom is 0.304 e. The lowest BCUT2D eigenvalue weighted by Gasteiger charge is -2.05. The number of thiazole rings is 1. The summed E-state index contributed by atoms with van der Waals surface area (Å²) in [6.45, 7) is 0. The summed E-state index contributed by atoms with van der Waals surface area (Å²) in [6, 6.07) is 5.19. The molecule has 18 heavy (non-hydrogen) atoms. The average Bonchev–Trinajstić information content (AvgIpc) is 2.67. The van der Waals surface area contributed by atoms with Crippen LogP contribution in [-0.4, -0.2) is 21.2 Å². The van der Waals surface area contributed by atoms with Gasteiger partial charge in [-0.1, -0.05) is 11.6 Å². The fourth-order valence-electron chi connectivity index (χ4n) is 1.52. The molecule has 0 radical (unpaired) electrons. The molecule has 0 saturated carbocycles. The number of carboxylic acid groups (broad SMARTS) is 1. The molecule has 0 aliphatic heterocycles. The summed E-state index contributed by atoms with van der Waals surface area (Å²) < 4.78 is 0.861. The third-order valence-corrected chi connectivity index (χ3v) is 4.04.